The predicted molar refractivity (Wildman–Crippen MR) is 197 cm³/mol. The number of hydrogen-bond acceptors (Lipinski definition) is 6. The molecule has 256 valence electrons. The number of nitrogens with zero attached hydrogens (tertiary/aromatic N) is 5. The number of halogens is 1. The van der Waals surface area contributed by atoms with Gasteiger partial charge in [-0.1, -0.05) is 73.3 Å². The van der Waals surface area contributed by atoms with Gasteiger partial charge in [0.1, 0.15) is 17.5 Å². The molecule has 0 aliphatic rings. The fourth-order valence-corrected chi connectivity index (χ4v) is 5.29. The molecule has 0 atom stereocenters. The lowest BCUT2D eigenvalue weighted by molar-refractivity contribution is 0.0988. The molecule has 3 aromatic heterocycles. The molecule has 8 nitrogen and oxygen atoms in total. The highest BCUT2D eigenvalue weighted by atomic mass is 19.1. The van der Waals surface area contributed by atoms with Crippen LogP contribution in [0.25, 0.3) is 34.1 Å². The van der Waals surface area contributed by atoms with Crippen LogP contribution >= 0.6 is 0 Å². The summed E-state index contributed by atoms with van der Waals surface area (Å²) < 4.78 is 22.7. The summed E-state index contributed by atoms with van der Waals surface area (Å²) in [6.07, 6.45) is 4.79. The predicted octanol–water partition coefficient (Wildman–Crippen LogP) is 9.26. The molecule has 0 radical (unpaired) electrons. The van der Waals surface area contributed by atoms with Crippen LogP contribution in [0.3, 0.4) is 0 Å². The van der Waals surface area contributed by atoms with Crippen LogP contribution in [0.2, 0.25) is 0 Å². The van der Waals surface area contributed by atoms with Crippen molar-refractivity contribution in [2.24, 2.45) is 0 Å². The molecule has 5 aromatic rings. The Kier molecular flexibility index (Phi) is 13.0. The van der Waals surface area contributed by atoms with Gasteiger partial charge in [0.15, 0.2) is 0 Å². The summed E-state index contributed by atoms with van der Waals surface area (Å²) in [5, 5.41) is 21.2. The summed E-state index contributed by atoms with van der Waals surface area (Å²) in [4.78, 5) is 24.4. The molecule has 1 N–H and O–H groups in total. The van der Waals surface area contributed by atoms with Crippen LogP contribution in [0.4, 0.5) is 10.1 Å². The number of benzene rings is 2. The van der Waals surface area contributed by atoms with Crippen molar-refractivity contribution >= 4 is 28.7 Å². The van der Waals surface area contributed by atoms with E-state index < -0.39 is 18.3 Å². The minimum absolute atomic E-state index is 0.108. The maximum absolute atomic E-state index is 15.5. The maximum Gasteiger partial charge on any atom is 0.261 e. The van der Waals surface area contributed by atoms with Crippen LogP contribution in [0.5, 0.6) is 5.88 Å². The van der Waals surface area contributed by atoms with Crippen molar-refractivity contribution in [1.82, 2.24) is 14.5 Å². The van der Waals surface area contributed by atoms with Gasteiger partial charge in [-0.2, -0.15) is 5.26 Å². The molecule has 0 unspecified atom stereocenters. The molecule has 1 amide bonds. The van der Waals surface area contributed by atoms with Crippen LogP contribution in [0.1, 0.15) is 88.0 Å². The number of rotatable bonds is 8. The number of ether oxygens (including phenoxy) is 1. The van der Waals surface area contributed by atoms with E-state index >= 15 is 4.39 Å². The number of aliphatic hydroxyl groups is 1. The summed E-state index contributed by atoms with van der Waals surface area (Å²) in [5.41, 5.74) is 4.24. The van der Waals surface area contributed by atoms with Gasteiger partial charge in [0.2, 0.25) is 5.88 Å². The van der Waals surface area contributed by atoms with E-state index in [0.717, 1.165) is 11.1 Å². The number of amides is 1. The van der Waals surface area contributed by atoms with E-state index in [-0.39, 0.29) is 11.0 Å². The first kappa shape index (κ1) is 38.1. The Labute approximate surface area is 289 Å². The molecule has 2 aromatic carbocycles. The summed E-state index contributed by atoms with van der Waals surface area (Å²) in [5.74, 6) is -0.731. The second-order valence-electron chi connectivity index (χ2n) is 11.6. The van der Waals surface area contributed by atoms with Crippen molar-refractivity contribution in [3.05, 3.63) is 107 Å². The third kappa shape index (κ3) is 7.87. The summed E-state index contributed by atoms with van der Waals surface area (Å²) in [6, 6.07) is 17.8. The Morgan fingerprint density at radius 2 is 1.84 bits per heavy atom. The number of hydrogen-bond donors (Lipinski definition) is 1. The second kappa shape index (κ2) is 16.7. The maximum atomic E-state index is 15.5. The van der Waals surface area contributed by atoms with E-state index in [0.29, 0.717) is 57.3 Å². The number of fused-ring (bicyclic) bond motifs is 1. The SMILES string of the molecule is C=Cc1cc(C(C)(C)C)cc(F)c1C(=O)N(C)c1cccc(-n2cc(C#N)c3ccc(-c4ccc(OCC)nc4)nc32)c1CO.CC.CC. The summed E-state index contributed by atoms with van der Waals surface area (Å²) in [6.45, 7) is 19.7. The highest BCUT2D eigenvalue weighted by molar-refractivity contribution is 6.08. The zero-order valence-corrected chi connectivity index (χ0v) is 29.9. The van der Waals surface area contributed by atoms with Crippen molar-refractivity contribution in [3.8, 4) is 28.9 Å². The van der Waals surface area contributed by atoms with E-state index in [1.165, 1.54) is 24.1 Å². The van der Waals surface area contributed by atoms with Crippen molar-refractivity contribution < 1.29 is 19.0 Å². The molecule has 0 aliphatic heterocycles. The molecule has 9 heteroatoms. The molecule has 0 spiro atoms. The van der Waals surface area contributed by atoms with Gasteiger partial charge in [0.25, 0.3) is 5.91 Å². The van der Waals surface area contributed by atoms with Crippen LogP contribution in [-0.2, 0) is 12.0 Å². The molecular formula is C40H46FN5O3. The summed E-state index contributed by atoms with van der Waals surface area (Å²) >= 11 is 0. The molecule has 49 heavy (non-hydrogen) atoms. The number of aliphatic hydroxyl groups excluding tert-OH is 1. The number of aromatic nitrogens is 3. The lowest BCUT2D eigenvalue weighted by Gasteiger charge is -2.25. The Morgan fingerprint density at radius 3 is 2.41 bits per heavy atom. The zero-order valence-electron chi connectivity index (χ0n) is 29.9. The van der Waals surface area contributed by atoms with E-state index in [9.17, 15) is 15.2 Å². The first-order chi connectivity index (χ1) is 23.5. The topological polar surface area (TPSA) is 104 Å². The average Bonchev–Trinajstić information content (AvgIpc) is 3.50. The van der Waals surface area contributed by atoms with Crippen LogP contribution in [0.15, 0.2) is 73.6 Å². The van der Waals surface area contributed by atoms with Gasteiger partial charge in [-0.3, -0.25) is 9.36 Å². The molecular weight excluding hydrogens is 617 g/mol. The highest BCUT2D eigenvalue weighted by Crippen LogP contribution is 2.34. The van der Waals surface area contributed by atoms with Gasteiger partial charge in [-0.25, -0.2) is 14.4 Å². The quantitative estimate of drug-likeness (QED) is 0.177. The number of anilines is 1. The number of carbonyl (C=O) groups is 1. The molecule has 0 aliphatic carbocycles. The lowest BCUT2D eigenvalue weighted by Crippen LogP contribution is -2.29. The first-order valence-electron chi connectivity index (χ1n) is 16.5. The first-order valence-corrected chi connectivity index (χ1v) is 16.5. The number of pyridine rings is 2. The third-order valence-electron chi connectivity index (χ3n) is 7.73. The van der Waals surface area contributed by atoms with Gasteiger partial charge in [-0.15, -0.1) is 0 Å². The Hall–Kier alpha value is -5.33. The Bertz CT molecular complexity index is 1970. The summed E-state index contributed by atoms with van der Waals surface area (Å²) in [7, 11) is 1.54. The van der Waals surface area contributed by atoms with Gasteiger partial charge in [0, 0.05) is 42.0 Å². The van der Waals surface area contributed by atoms with Gasteiger partial charge >= 0.3 is 0 Å². The standard InChI is InChI=1S/C36H34FN5O3.2C2H6/c1-7-22-16-25(36(3,4)5)17-28(37)33(22)35(44)41(6)30-10-9-11-31(27(30)21-43)42-20-24(18-38)26-13-14-29(40-34(26)42)23-12-15-32(39-19-23)45-8-2;2*1-2/h7,9-17,19-20,43H,1,8,21H2,2-6H3;2*1-2H3. The van der Waals surface area contributed by atoms with Gasteiger partial charge < -0.3 is 14.7 Å². The smallest absolute Gasteiger partial charge is 0.261 e. The Balaban J connectivity index is 0.00000157. The van der Waals surface area contributed by atoms with Crippen molar-refractivity contribution in [1.29, 1.82) is 5.26 Å². The van der Waals surface area contributed by atoms with E-state index in [4.69, 9.17) is 9.72 Å². The largest absolute Gasteiger partial charge is 0.478 e. The fourth-order valence-electron chi connectivity index (χ4n) is 5.29. The lowest BCUT2D eigenvalue weighted by atomic mass is 9.84. The second-order valence-corrected chi connectivity index (χ2v) is 11.6. The van der Waals surface area contributed by atoms with Crippen molar-refractivity contribution in [3.63, 3.8) is 0 Å². The molecule has 0 saturated carbocycles. The Morgan fingerprint density at radius 1 is 1.12 bits per heavy atom. The fraction of sp³-hybridized carbons (Fsp3) is 0.300. The molecule has 0 fully saturated rings. The zero-order chi connectivity index (χ0) is 36.5. The van der Waals surface area contributed by atoms with E-state index in [1.807, 2.05) is 73.6 Å². The van der Waals surface area contributed by atoms with Crippen molar-refractivity contribution in [2.45, 2.75) is 67.4 Å². The van der Waals surface area contributed by atoms with Crippen LogP contribution in [-0.4, -0.2) is 39.2 Å². The molecule has 5 rings (SSSR count). The molecule has 0 bridgehead atoms. The van der Waals surface area contributed by atoms with Gasteiger partial charge in [-0.05, 0) is 59.9 Å². The van der Waals surface area contributed by atoms with Crippen LogP contribution in [0, 0.1) is 17.1 Å². The van der Waals surface area contributed by atoms with Gasteiger partial charge in [0.05, 0.1) is 41.4 Å². The van der Waals surface area contributed by atoms with Crippen molar-refractivity contribution in [2.75, 3.05) is 18.6 Å². The number of carbonyl (C=O) groups excluding carboxylic acids is 1. The minimum atomic E-state index is -0.647. The van der Waals surface area contributed by atoms with E-state index in [1.54, 1.807) is 47.3 Å². The third-order valence-corrected chi connectivity index (χ3v) is 7.73. The normalized spacial score (nSPS) is 10.7. The highest BCUT2D eigenvalue weighted by Gasteiger charge is 2.26. The monoisotopic (exact) mass is 663 g/mol. The molecule has 3 heterocycles. The minimum Gasteiger partial charge on any atom is -0.478 e. The number of nitriles is 1. The average molecular weight is 664 g/mol. The molecule has 0 saturated heterocycles. The van der Waals surface area contributed by atoms with E-state index in [2.05, 4.69) is 17.6 Å². The van der Waals surface area contributed by atoms with Crippen LogP contribution < -0.4 is 9.64 Å².